The summed E-state index contributed by atoms with van der Waals surface area (Å²) in [5, 5.41) is 0.332. The summed E-state index contributed by atoms with van der Waals surface area (Å²) in [5.41, 5.74) is 5.80. The van der Waals surface area contributed by atoms with Crippen LogP contribution >= 0.6 is 11.6 Å². The predicted molar refractivity (Wildman–Crippen MR) is 72.2 cm³/mol. The molecule has 102 valence electrons. The summed E-state index contributed by atoms with van der Waals surface area (Å²) in [7, 11) is -3.62. The van der Waals surface area contributed by atoms with Crippen molar-refractivity contribution in [1.82, 2.24) is 4.72 Å². The molecule has 0 bridgehead atoms. The second-order valence-corrected chi connectivity index (χ2v) is 5.80. The molecule has 0 saturated heterocycles. The fraction of sp³-hybridized carbons (Fsp3) is 0.455. The number of rotatable bonds is 7. The molecule has 0 aliphatic heterocycles. The first-order chi connectivity index (χ1) is 8.47. The number of nitrogen functional groups attached to an aromatic ring is 1. The van der Waals surface area contributed by atoms with E-state index in [-0.39, 0.29) is 10.6 Å². The Balaban J connectivity index is 2.66. The number of anilines is 1. The van der Waals surface area contributed by atoms with Crippen LogP contribution in [0.2, 0.25) is 5.02 Å². The van der Waals surface area contributed by atoms with Crippen molar-refractivity contribution in [2.24, 2.45) is 0 Å². The Morgan fingerprint density at radius 1 is 1.44 bits per heavy atom. The van der Waals surface area contributed by atoms with Crippen LogP contribution in [0, 0.1) is 0 Å². The molecule has 0 aliphatic carbocycles. The van der Waals surface area contributed by atoms with Gasteiger partial charge in [-0.3, -0.25) is 0 Å². The highest BCUT2D eigenvalue weighted by Crippen LogP contribution is 2.22. The maximum absolute atomic E-state index is 11.9. The molecule has 18 heavy (non-hydrogen) atoms. The summed E-state index contributed by atoms with van der Waals surface area (Å²) < 4.78 is 31.5. The summed E-state index contributed by atoms with van der Waals surface area (Å²) in [6.07, 6.45) is 0.605. The summed E-state index contributed by atoms with van der Waals surface area (Å²) in [6.45, 7) is 3.32. The lowest BCUT2D eigenvalue weighted by Crippen LogP contribution is -2.26. The summed E-state index contributed by atoms with van der Waals surface area (Å²) >= 11 is 5.76. The van der Waals surface area contributed by atoms with Gasteiger partial charge in [-0.25, -0.2) is 13.1 Å². The minimum atomic E-state index is -3.62. The van der Waals surface area contributed by atoms with Gasteiger partial charge in [-0.2, -0.15) is 0 Å². The highest BCUT2D eigenvalue weighted by Gasteiger charge is 2.17. The van der Waals surface area contributed by atoms with Crippen molar-refractivity contribution in [1.29, 1.82) is 0 Å². The Bertz CT molecular complexity index is 491. The smallest absolute Gasteiger partial charge is 0.242 e. The predicted octanol–water partition coefficient (Wildman–Crippen LogP) is 1.63. The SMILES string of the molecule is CCOCCCNS(=O)(=O)c1cc(Cl)ccc1N. The number of halogens is 1. The number of hydrogen-bond donors (Lipinski definition) is 2. The van der Waals surface area contributed by atoms with Gasteiger partial charge in [0.1, 0.15) is 4.90 Å². The molecular weight excluding hydrogens is 276 g/mol. The lowest BCUT2D eigenvalue weighted by atomic mass is 10.3. The summed E-state index contributed by atoms with van der Waals surface area (Å²) in [6, 6.07) is 4.35. The van der Waals surface area contributed by atoms with E-state index in [1.54, 1.807) is 6.07 Å². The van der Waals surface area contributed by atoms with Crippen LogP contribution in [0.4, 0.5) is 5.69 Å². The van der Waals surface area contributed by atoms with Gasteiger partial charge < -0.3 is 10.5 Å². The lowest BCUT2D eigenvalue weighted by molar-refractivity contribution is 0.146. The first kappa shape index (κ1) is 15.2. The van der Waals surface area contributed by atoms with Crippen molar-refractivity contribution < 1.29 is 13.2 Å². The molecule has 0 spiro atoms. The Morgan fingerprint density at radius 3 is 2.83 bits per heavy atom. The molecule has 0 fully saturated rings. The Kier molecular flexibility index (Phi) is 5.87. The third-order valence-corrected chi connectivity index (χ3v) is 3.98. The normalized spacial score (nSPS) is 11.7. The average molecular weight is 293 g/mol. The van der Waals surface area contributed by atoms with Crippen LogP contribution in [0.5, 0.6) is 0 Å². The van der Waals surface area contributed by atoms with Gasteiger partial charge in [0.25, 0.3) is 0 Å². The van der Waals surface area contributed by atoms with E-state index in [4.69, 9.17) is 22.1 Å². The standard InChI is InChI=1S/C11H17ClN2O3S/c1-2-17-7-3-6-14-18(15,16)11-8-9(12)4-5-10(11)13/h4-5,8,14H,2-3,6-7,13H2,1H3. The van der Waals surface area contributed by atoms with Crippen molar-refractivity contribution in [3.8, 4) is 0 Å². The van der Waals surface area contributed by atoms with Crippen molar-refractivity contribution in [2.45, 2.75) is 18.2 Å². The first-order valence-electron chi connectivity index (χ1n) is 5.60. The second kappa shape index (κ2) is 6.94. The van der Waals surface area contributed by atoms with Crippen LogP contribution in [0.3, 0.4) is 0 Å². The molecule has 1 aromatic rings. The zero-order chi connectivity index (χ0) is 13.6. The number of hydrogen-bond acceptors (Lipinski definition) is 4. The highest BCUT2D eigenvalue weighted by atomic mass is 35.5. The number of nitrogens with one attached hydrogen (secondary N) is 1. The summed E-state index contributed by atoms with van der Waals surface area (Å²) in [4.78, 5) is 0.00594. The first-order valence-corrected chi connectivity index (χ1v) is 7.46. The fourth-order valence-electron chi connectivity index (χ4n) is 1.34. The van der Waals surface area contributed by atoms with E-state index >= 15 is 0 Å². The van der Waals surface area contributed by atoms with Crippen molar-refractivity contribution in [2.75, 3.05) is 25.5 Å². The van der Waals surface area contributed by atoms with E-state index in [1.165, 1.54) is 12.1 Å². The van der Waals surface area contributed by atoms with Crippen LogP contribution in [0.1, 0.15) is 13.3 Å². The Morgan fingerprint density at radius 2 is 2.17 bits per heavy atom. The molecule has 1 aromatic carbocycles. The van der Waals surface area contributed by atoms with Gasteiger partial charge in [-0.15, -0.1) is 0 Å². The summed E-state index contributed by atoms with van der Waals surface area (Å²) in [5.74, 6) is 0. The molecule has 0 aliphatic rings. The average Bonchev–Trinajstić information content (AvgIpc) is 2.32. The Hall–Kier alpha value is -0.820. The fourth-order valence-corrected chi connectivity index (χ4v) is 2.81. The van der Waals surface area contributed by atoms with Gasteiger partial charge >= 0.3 is 0 Å². The van der Waals surface area contributed by atoms with Gasteiger partial charge in [-0.05, 0) is 31.5 Å². The largest absolute Gasteiger partial charge is 0.398 e. The number of benzene rings is 1. The van der Waals surface area contributed by atoms with E-state index in [1.807, 2.05) is 6.92 Å². The third kappa shape index (κ3) is 4.45. The van der Waals surface area contributed by atoms with E-state index < -0.39 is 10.0 Å². The minimum absolute atomic E-state index is 0.00594. The van der Waals surface area contributed by atoms with Crippen molar-refractivity contribution in [3.63, 3.8) is 0 Å². The van der Waals surface area contributed by atoms with E-state index in [0.717, 1.165) is 0 Å². The quantitative estimate of drug-likeness (QED) is 0.591. The van der Waals surface area contributed by atoms with Crippen LogP contribution in [0.25, 0.3) is 0 Å². The zero-order valence-corrected chi connectivity index (χ0v) is 11.7. The van der Waals surface area contributed by atoms with E-state index in [9.17, 15) is 8.42 Å². The number of nitrogens with two attached hydrogens (primary N) is 1. The Labute approximate surface area is 112 Å². The van der Waals surface area contributed by atoms with Gasteiger partial charge in [0.15, 0.2) is 0 Å². The highest BCUT2D eigenvalue weighted by molar-refractivity contribution is 7.89. The molecular formula is C11H17ClN2O3S. The molecule has 0 heterocycles. The van der Waals surface area contributed by atoms with Gasteiger partial charge in [-0.1, -0.05) is 11.6 Å². The maximum Gasteiger partial charge on any atom is 0.242 e. The molecule has 0 radical (unpaired) electrons. The molecule has 3 N–H and O–H groups in total. The van der Waals surface area contributed by atoms with Crippen LogP contribution < -0.4 is 10.5 Å². The lowest BCUT2D eigenvalue weighted by Gasteiger charge is -2.09. The molecule has 0 saturated carbocycles. The van der Waals surface area contributed by atoms with Crippen LogP contribution in [0.15, 0.2) is 23.1 Å². The van der Waals surface area contributed by atoms with E-state index in [2.05, 4.69) is 4.72 Å². The minimum Gasteiger partial charge on any atom is -0.398 e. The van der Waals surface area contributed by atoms with Crippen molar-refractivity contribution in [3.05, 3.63) is 23.2 Å². The topological polar surface area (TPSA) is 81.4 Å². The van der Waals surface area contributed by atoms with Gasteiger partial charge in [0, 0.05) is 24.8 Å². The zero-order valence-electron chi connectivity index (χ0n) is 10.1. The third-order valence-electron chi connectivity index (χ3n) is 2.23. The second-order valence-electron chi connectivity index (χ2n) is 3.63. The van der Waals surface area contributed by atoms with E-state index in [0.29, 0.717) is 31.2 Å². The molecule has 0 amide bonds. The molecule has 1 rings (SSSR count). The van der Waals surface area contributed by atoms with Gasteiger partial charge in [0.2, 0.25) is 10.0 Å². The molecule has 7 heteroatoms. The van der Waals surface area contributed by atoms with Gasteiger partial charge in [0.05, 0.1) is 5.69 Å². The monoisotopic (exact) mass is 292 g/mol. The number of ether oxygens (including phenoxy) is 1. The van der Waals surface area contributed by atoms with Crippen LogP contribution in [-0.2, 0) is 14.8 Å². The number of sulfonamides is 1. The maximum atomic E-state index is 11.9. The molecule has 0 unspecified atom stereocenters. The molecule has 0 atom stereocenters. The molecule has 5 nitrogen and oxygen atoms in total. The molecule has 0 aromatic heterocycles. The van der Waals surface area contributed by atoms with Crippen molar-refractivity contribution >= 4 is 27.3 Å². The van der Waals surface area contributed by atoms with Crippen LogP contribution in [-0.4, -0.2) is 28.2 Å².